The second kappa shape index (κ2) is 5.11. The monoisotopic (exact) mass is 248 g/mol. The van der Waals surface area contributed by atoms with Crippen molar-refractivity contribution in [3.63, 3.8) is 0 Å². The van der Waals surface area contributed by atoms with Crippen molar-refractivity contribution in [3.05, 3.63) is 29.3 Å². The van der Waals surface area contributed by atoms with Crippen LogP contribution in [0.2, 0.25) is 0 Å². The maximum atomic E-state index is 11.3. The molecule has 0 amide bonds. The second-order valence-corrected chi connectivity index (χ2v) is 5.16. The number of benzene rings is 1. The number of methoxy groups -OCH3 is 1. The lowest BCUT2D eigenvalue weighted by Gasteiger charge is -2.34. The molecule has 2 rings (SSSR count). The van der Waals surface area contributed by atoms with Gasteiger partial charge in [-0.2, -0.15) is 0 Å². The second-order valence-electron chi connectivity index (χ2n) is 5.16. The van der Waals surface area contributed by atoms with Crippen molar-refractivity contribution in [1.29, 1.82) is 0 Å². The number of Topliss-reactive ketones (excluding diaryl/α,β-unsaturated/α-hetero) is 1. The number of rotatable bonds is 4. The predicted octanol–water partition coefficient (Wildman–Crippen LogP) is 2.85. The van der Waals surface area contributed by atoms with Gasteiger partial charge in [-0.25, -0.2) is 0 Å². The third kappa shape index (κ3) is 2.41. The fourth-order valence-corrected chi connectivity index (χ4v) is 2.12. The summed E-state index contributed by atoms with van der Waals surface area (Å²) < 4.78 is 11.0. The van der Waals surface area contributed by atoms with E-state index in [2.05, 4.69) is 32.0 Å². The molecule has 1 aliphatic carbocycles. The molecule has 1 aromatic rings. The number of carbonyl (C=O) groups excluding carboxylic acids is 1. The van der Waals surface area contributed by atoms with Crippen LogP contribution in [0, 0.1) is 6.92 Å². The molecule has 18 heavy (non-hydrogen) atoms. The van der Waals surface area contributed by atoms with Gasteiger partial charge in [0.15, 0.2) is 11.9 Å². The SMILES string of the molecule is COC1C(=O)CC1Oc1cc(C(C)C)ccc1C. The Morgan fingerprint density at radius 2 is 2.06 bits per heavy atom. The molecule has 3 heteroatoms. The smallest absolute Gasteiger partial charge is 0.169 e. The summed E-state index contributed by atoms with van der Waals surface area (Å²) in [5.41, 5.74) is 2.34. The van der Waals surface area contributed by atoms with Crippen molar-refractivity contribution in [2.75, 3.05) is 7.11 Å². The van der Waals surface area contributed by atoms with Gasteiger partial charge in [-0.05, 0) is 30.0 Å². The molecular formula is C15H20O3. The van der Waals surface area contributed by atoms with Crippen LogP contribution in [0.15, 0.2) is 18.2 Å². The Labute approximate surface area is 108 Å². The molecule has 2 atom stereocenters. The van der Waals surface area contributed by atoms with Crippen LogP contribution in [0.3, 0.4) is 0 Å². The van der Waals surface area contributed by atoms with Gasteiger partial charge in [0.2, 0.25) is 0 Å². The molecule has 0 aromatic heterocycles. The standard InChI is InChI=1S/C15H20O3/c1-9(2)11-6-5-10(3)13(7-11)18-14-8-12(16)15(14)17-4/h5-7,9,14-15H,8H2,1-4H3. The van der Waals surface area contributed by atoms with Gasteiger partial charge < -0.3 is 9.47 Å². The minimum atomic E-state index is -0.396. The zero-order valence-corrected chi connectivity index (χ0v) is 11.4. The third-order valence-corrected chi connectivity index (χ3v) is 3.47. The Kier molecular flexibility index (Phi) is 3.71. The summed E-state index contributed by atoms with van der Waals surface area (Å²) in [5.74, 6) is 1.45. The summed E-state index contributed by atoms with van der Waals surface area (Å²) in [6.07, 6.45) is -0.0835. The molecule has 0 radical (unpaired) electrons. The van der Waals surface area contributed by atoms with Crippen molar-refractivity contribution >= 4 is 5.78 Å². The topological polar surface area (TPSA) is 35.5 Å². The Hall–Kier alpha value is -1.35. The van der Waals surface area contributed by atoms with Gasteiger partial charge in [0.1, 0.15) is 11.9 Å². The van der Waals surface area contributed by atoms with E-state index >= 15 is 0 Å². The lowest BCUT2D eigenvalue weighted by Crippen LogP contribution is -2.51. The molecule has 0 saturated heterocycles. The molecule has 1 aromatic carbocycles. The quantitative estimate of drug-likeness (QED) is 0.822. The first-order valence-corrected chi connectivity index (χ1v) is 6.35. The normalized spacial score (nSPS) is 23.1. The highest BCUT2D eigenvalue weighted by Gasteiger charge is 2.42. The molecule has 2 unspecified atom stereocenters. The molecule has 1 aliphatic rings. The van der Waals surface area contributed by atoms with E-state index in [0.29, 0.717) is 12.3 Å². The number of ketones is 1. The molecule has 3 nitrogen and oxygen atoms in total. The highest BCUT2D eigenvalue weighted by atomic mass is 16.5. The Morgan fingerprint density at radius 3 is 2.61 bits per heavy atom. The van der Waals surface area contributed by atoms with Crippen LogP contribution in [-0.4, -0.2) is 25.1 Å². The van der Waals surface area contributed by atoms with Crippen LogP contribution in [0.1, 0.15) is 37.3 Å². The van der Waals surface area contributed by atoms with Crippen molar-refractivity contribution in [1.82, 2.24) is 0 Å². The van der Waals surface area contributed by atoms with E-state index in [-0.39, 0.29) is 11.9 Å². The van der Waals surface area contributed by atoms with E-state index in [1.54, 1.807) is 7.11 Å². The van der Waals surface area contributed by atoms with Crippen LogP contribution in [-0.2, 0) is 9.53 Å². The van der Waals surface area contributed by atoms with E-state index in [9.17, 15) is 4.79 Å². The van der Waals surface area contributed by atoms with Crippen LogP contribution >= 0.6 is 0 Å². The van der Waals surface area contributed by atoms with Crippen LogP contribution in [0.5, 0.6) is 5.75 Å². The predicted molar refractivity (Wildman–Crippen MR) is 70.1 cm³/mol. The van der Waals surface area contributed by atoms with Gasteiger partial charge in [-0.15, -0.1) is 0 Å². The van der Waals surface area contributed by atoms with Gasteiger partial charge in [0, 0.05) is 13.5 Å². The van der Waals surface area contributed by atoms with Gasteiger partial charge in [-0.1, -0.05) is 26.0 Å². The number of ether oxygens (including phenoxy) is 2. The van der Waals surface area contributed by atoms with Gasteiger partial charge in [0.05, 0.1) is 0 Å². The number of hydrogen-bond donors (Lipinski definition) is 0. The average Bonchev–Trinajstić information content (AvgIpc) is 2.31. The third-order valence-electron chi connectivity index (χ3n) is 3.47. The highest BCUT2D eigenvalue weighted by molar-refractivity contribution is 5.90. The molecule has 98 valence electrons. The minimum absolute atomic E-state index is 0.125. The summed E-state index contributed by atoms with van der Waals surface area (Å²) >= 11 is 0. The van der Waals surface area contributed by atoms with Gasteiger partial charge >= 0.3 is 0 Å². The highest BCUT2D eigenvalue weighted by Crippen LogP contribution is 2.29. The molecule has 0 heterocycles. The average molecular weight is 248 g/mol. The summed E-state index contributed by atoms with van der Waals surface area (Å²) in [6.45, 7) is 6.32. The fourth-order valence-electron chi connectivity index (χ4n) is 2.12. The fraction of sp³-hybridized carbons (Fsp3) is 0.533. The maximum Gasteiger partial charge on any atom is 0.169 e. The van der Waals surface area contributed by atoms with E-state index in [1.165, 1.54) is 5.56 Å². The summed E-state index contributed by atoms with van der Waals surface area (Å²) in [7, 11) is 1.55. The summed E-state index contributed by atoms with van der Waals surface area (Å²) in [4.78, 5) is 11.3. The zero-order chi connectivity index (χ0) is 13.3. The van der Waals surface area contributed by atoms with E-state index < -0.39 is 6.10 Å². The molecule has 1 saturated carbocycles. The maximum absolute atomic E-state index is 11.3. The zero-order valence-electron chi connectivity index (χ0n) is 11.4. The minimum Gasteiger partial charge on any atom is -0.486 e. The molecule has 0 bridgehead atoms. The lowest BCUT2D eigenvalue weighted by molar-refractivity contribution is -0.151. The first kappa shape index (κ1) is 13.1. The number of hydrogen-bond acceptors (Lipinski definition) is 3. The Bertz CT molecular complexity index is 451. The summed E-state index contributed by atoms with van der Waals surface area (Å²) in [6, 6.07) is 6.25. The summed E-state index contributed by atoms with van der Waals surface area (Å²) in [5, 5.41) is 0. The van der Waals surface area contributed by atoms with E-state index in [1.807, 2.05) is 6.92 Å². The largest absolute Gasteiger partial charge is 0.486 e. The van der Waals surface area contributed by atoms with Crippen molar-refractivity contribution in [3.8, 4) is 5.75 Å². The number of carbonyl (C=O) groups is 1. The number of aryl methyl sites for hydroxylation is 1. The Morgan fingerprint density at radius 1 is 1.33 bits per heavy atom. The molecular weight excluding hydrogens is 228 g/mol. The van der Waals surface area contributed by atoms with Crippen LogP contribution in [0.25, 0.3) is 0 Å². The van der Waals surface area contributed by atoms with Crippen LogP contribution in [0.4, 0.5) is 0 Å². The van der Waals surface area contributed by atoms with Crippen molar-refractivity contribution in [2.24, 2.45) is 0 Å². The molecule has 0 spiro atoms. The lowest BCUT2D eigenvalue weighted by atomic mass is 9.90. The van der Waals surface area contributed by atoms with Crippen LogP contribution < -0.4 is 4.74 Å². The molecule has 1 fully saturated rings. The van der Waals surface area contributed by atoms with Gasteiger partial charge in [0.25, 0.3) is 0 Å². The first-order valence-electron chi connectivity index (χ1n) is 6.35. The Balaban J connectivity index is 2.14. The molecule has 0 aliphatic heterocycles. The van der Waals surface area contributed by atoms with Gasteiger partial charge in [-0.3, -0.25) is 4.79 Å². The van der Waals surface area contributed by atoms with Crippen molar-refractivity contribution in [2.45, 2.75) is 45.3 Å². The van der Waals surface area contributed by atoms with Crippen molar-refractivity contribution < 1.29 is 14.3 Å². The first-order chi connectivity index (χ1) is 8.52. The molecule has 0 N–H and O–H groups in total. The van der Waals surface area contributed by atoms with E-state index in [4.69, 9.17) is 9.47 Å². The van der Waals surface area contributed by atoms with E-state index in [0.717, 1.165) is 11.3 Å².